The molecule has 0 saturated heterocycles. The molecular weight excluding hydrogens is 382 g/mol. The minimum absolute atomic E-state index is 0.0907. The van der Waals surface area contributed by atoms with Gasteiger partial charge in [0.25, 0.3) is 5.91 Å². The maximum Gasteiger partial charge on any atom is 0.252 e. The van der Waals surface area contributed by atoms with Crippen molar-refractivity contribution in [2.24, 2.45) is 0 Å². The number of amides is 1. The zero-order chi connectivity index (χ0) is 20.5. The number of thioether (sulfide) groups is 1. The molecule has 0 aliphatic heterocycles. The van der Waals surface area contributed by atoms with Crippen molar-refractivity contribution >= 4 is 17.7 Å². The summed E-state index contributed by atoms with van der Waals surface area (Å²) in [4.78, 5) is 13.8. The molecule has 1 amide bonds. The summed E-state index contributed by atoms with van der Waals surface area (Å²) in [5, 5.41) is 3.03. The largest absolute Gasteiger partial charge is 0.497 e. The molecule has 3 aromatic carbocycles. The van der Waals surface area contributed by atoms with E-state index in [-0.39, 0.29) is 11.9 Å². The summed E-state index contributed by atoms with van der Waals surface area (Å²) >= 11 is 1.67. The van der Waals surface area contributed by atoms with Crippen molar-refractivity contribution in [3.63, 3.8) is 0 Å². The summed E-state index contributed by atoms with van der Waals surface area (Å²) in [5.41, 5.74) is 1.92. The Morgan fingerprint density at radius 1 is 0.931 bits per heavy atom. The standard InChI is InChI=1S/C24H25NO3S/c1-18(16-28-21-14-12-20(27-2)13-15-21)25-24(26)22-10-6-7-11-23(22)29-17-19-8-4-3-5-9-19/h3-15,18H,16-17H2,1-2H3,(H,25,26)/t18-/m0/s1. The van der Waals surface area contributed by atoms with Crippen LogP contribution in [0.1, 0.15) is 22.8 Å². The first-order valence-electron chi connectivity index (χ1n) is 9.49. The molecule has 0 fully saturated rings. The molecule has 0 bridgehead atoms. The van der Waals surface area contributed by atoms with Crippen LogP contribution in [-0.2, 0) is 5.75 Å². The smallest absolute Gasteiger partial charge is 0.252 e. The molecule has 0 heterocycles. The molecule has 3 rings (SSSR count). The third-order valence-corrected chi connectivity index (χ3v) is 5.45. The average molecular weight is 408 g/mol. The minimum atomic E-state index is -0.128. The van der Waals surface area contributed by atoms with Crippen molar-refractivity contribution < 1.29 is 14.3 Å². The van der Waals surface area contributed by atoms with E-state index in [0.29, 0.717) is 12.2 Å². The molecule has 1 atom stereocenters. The van der Waals surface area contributed by atoms with Gasteiger partial charge in [-0.3, -0.25) is 4.79 Å². The normalized spacial score (nSPS) is 11.5. The van der Waals surface area contributed by atoms with Crippen LogP contribution < -0.4 is 14.8 Å². The maximum atomic E-state index is 12.8. The Balaban J connectivity index is 1.55. The van der Waals surface area contributed by atoms with Gasteiger partial charge in [0.1, 0.15) is 18.1 Å². The van der Waals surface area contributed by atoms with Crippen LogP contribution in [0.25, 0.3) is 0 Å². The molecule has 29 heavy (non-hydrogen) atoms. The van der Waals surface area contributed by atoms with Gasteiger partial charge >= 0.3 is 0 Å². The first-order valence-corrected chi connectivity index (χ1v) is 10.5. The molecule has 4 nitrogen and oxygen atoms in total. The summed E-state index contributed by atoms with van der Waals surface area (Å²) < 4.78 is 10.9. The molecular formula is C24H25NO3S. The fraction of sp³-hybridized carbons (Fsp3) is 0.208. The zero-order valence-corrected chi connectivity index (χ0v) is 17.4. The van der Waals surface area contributed by atoms with Gasteiger partial charge in [0.05, 0.1) is 18.7 Å². The number of hydrogen-bond acceptors (Lipinski definition) is 4. The Bertz CT molecular complexity index is 913. The van der Waals surface area contributed by atoms with Crippen molar-refractivity contribution in [2.45, 2.75) is 23.6 Å². The van der Waals surface area contributed by atoms with Gasteiger partial charge in [-0.15, -0.1) is 11.8 Å². The number of nitrogens with one attached hydrogen (secondary N) is 1. The lowest BCUT2D eigenvalue weighted by atomic mass is 10.2. The van der Waals surface area contributed by atoms with E-state index in [9.17, 15) is 4.79 Å². The molecule has 0 aliphatic rings. The molecule has 0 radical (unpaired) electrons. The van der Waals surface area contributed by atoms with E-state index >= 15 is 0 Å². The summed E-state index contributed by atoms with van der Waals surface area (Å²) in [6.45, 7) is 2.32. The third kappa shape index (κ3) is 6.29. The summed E-state index contributed by atoms with van der Waals surface area (Å²) in [6, 6.07) is 25.2. The Labute approximate surface area is 176 Å². The highest BCUT2D eigenvalue weighted by molar-refractivity contribution is 7.98. The van der Waals surface area contributed by atoms with Crippen molar-refractivity contribution in [3.8, 4) is 11.5 Å². The first-order chi connectivity index (χ1) is 14.2. The maximum absolute atomic E-state index is 12.8. The van der Waals surface area contributed by atoms with Crippen molar-refractivity contribution in [2.75, 3.05) is 13.7 Å². The lowest BCUT2D eigenvalue weighted by molar-refractivity contribution is 0.0923. The van der Waals surface area contributed by atoms with Crippen LogP contribution in [-0.4, -0.2) is 25.7 Å². The van der Waals surface area contributed by atoms with Gasteiger partial charge < -0.3 is 14.8 Å². The highest BCUT2D eigenvalue weighted by Gasteiger charge is 2.14. The van der Waals surface area contributed by atoms with Gasteiger partial charge in [0, 0.05) is 10.6 Å². The molecule has 5 heteroatoms. The number of carbonyl (C=O) groups excluding carboxylic acids is 1. The highest BCUT2D eigenvalue weighted by atomic mass is 32.2. The fourth-order valence-electron chi connectivity index (χ4n) is 2.75. The lowest BCUT2D eigenvalue weighted by Gasteiger charge is -2.16. The predicted octanol–water partition coefficient (Wildman–Crippen LogP) is 5.18. The highest BCUT2D eigenvalue weighted by Crippen LogP contribution is 2.26. The second-order valence-electron chi connectivity index (χ2n) is 6.63. The van der Waals surface area contributed by atoms with E-state index in [0.717, 1.165) is 22.1 Å². The van der Waals surface area contributed by atoms with E-state index in [1.165, 1.54) is 5.56 Å². The van der Waals surface area contributed by atoms with Gasteiger partial charge in [0.15, 0.2) is 0 Å². The SMILES string of the molecule is COc1ccc(OC[C@H](C)NC(=O)c2ccccc2SCc2ccccc2)cc1. The molecule has 150 valence electrons. The van der Waals surface area contributed by atoms with Gasteiger partial charge in [0.2, 0.25) is 0 Å². The number of benzene rings is 3. The Hall–Kier alpha value is -2.92. The van der Waals surface area contributed by atoms with E-state index < -0.39 is 0 Å². The van der Waals surface area contributed by atoms with E-state index in [1.807, 2.05) is 73.7 Å². The predicted molar refractivity (Wildman–Crippen MR) is 118 cm³/mol. The van der Waals surface area contributed by atoms with Crippen LogP contribution in [0.15, 0.2) is 83.8 Å². The Morgan fingerprint density at radius 3 is 2.31 bits per heavy atom. The van der Waals surface area contributed by atoms with Crippen LogP contribution in [0, 0.1) is 0 Å². The van der Waals surface area contributed by atoms with Gasteiger partial charge in [-0.05, 0) is 48.9 Å². The van der Waals surface area contributed by atoms with Crippen molar-refractivity contribution in [1.82, 2.24) is 5.32 Å². The van der Waals surface area contributed by atoms with Crippen LogP contribution in [0.3, 0.4) is 0 Å². The van der Waals surface area contributed by atoms with Gasteiger partial charge in [-0.2, -0.15) is 0 Å². The second-order valence-corrected chi connectivity index (χ2v) is 7.65. The molecule has 0 aliphatic carbocycles. The Kier molecular flexibility index (Phi) is 7.59. The molecule has 1 N–H and O–H groups in total. The van der Waals surface area contributed by atoms with E-state index in [1.54, 1.807) is 18.9 Å². The van der Waals surface area contributed by atoms with Crippen LogP contribution >= 0.6 is 11.8 Å². The lowest BCUT2D eigenvalue weighted by Crippen LogP contribution is -2.37. The molecule has 3 aromatic rings. The fourth-order valence-corrected chi connectivity index (χ4v) is 3.76. The number of methoxy groups -OCH3 is 1. The quantitative estimate of drug-likeness (QED) is 0.496. The van der Waals surface area contributed by atoms with Crippen molar-refractivity contribution in [1.29, 1.82) is 0 Å². The Morgan fingerprint density at radius 2 is 1.59 bits per heavy atom. The summed E-state index contributed by atoms with van der Waals surface area (Å²) in [5.74, 6) is 2.25. The molecule has 0 unspecified atom stereocenters. The zero-order valence-electron chi connectivity index (χ0n) is 16.6. The topological polar surface area (TPSA) is 47.6 Å². The number of ether oxygens (including phenoxy) is 2. The molecule has 0 saturated carbocycles. The summed E-state index contributed by atoms with van der Waals surface area (Å²) in [6.07, 6.45) is 0. The number of hydrogen-bond donors (Lipinski definition) is 1. The van der Waals surface area contributed by atoms with Crippen molar-refractivity contribution in [3.05, 3.63) is 90.0 Å². The molecule has 0 spiro atoms. The van der Waals surface area contributed by atoms with Gasteiger partial charge in [-0.1, -0.05) is 42.5 Å². The number of rotatable bonds is 9. The van der Waals surface area contributed by atoms with Crippen LogP contribution in [0.4, 0.5) is 0 Å². The van der Waals surface area contributed by atoms with E-state index in [2.05, 4.69) is 17.4 Å². The second kappa shape index (κ2) is 10.6. The van der Waals surface area contributed by atoms with Crippen LogP contribution in [0.2, 0.25) is 0 Å². The monoisotopic (exact) mass is 407 g/mol. The third-order valence-electron chi connectivity index (χ3n) is 4.31. The summed E-state index contributed by atoms with van der Waals surface area (Å²) in [7, 11) is 1.63. The van der Waals surface area contributed by atoms with E-state index in [4.69, 9.17) is 9.47 Å². The minimum Gasteiger partial charge on any atom is -0.497 e. The molecule has 0 aromatic heterocycles. The van der Waals surface area contributed by atoms with Gasteiger partial charge in [-0.25, -0.2) is 0 Å². The number of carbonyl (C=O) groups is 1. The first kappa shape index (κ1) is 20.8. The average Bonchev–Trinajstić information content (AvgIpc) is 2.77. The van der Waals surface area contributed by atoms with Crippen LogP contribution in [0.5, 0.6) is 11.5 Å².